The predicted molar refractivity (Wildman–Crippen MR) is 88.0 cm³/mol. The molecule has 0 aliphatic heterocycles. The van der Waals surface area contributed by atoms with Crippen LogP contribution in [0.1, 0.15) is 32.6 Å². The van der Waals surface area contributed by atoms with E-state index in [1.54, 1.807) is 12.1 Å². The number of nitrogens with one attached hydrogen (secondary N) is 1. The summed E-state index contributed by atoms with van der Waals surface area (Å²) in [6.07, 6.45) is 4.18. The average Bonchev–Trinajstić information content (AvgIpc) is 2.30. The number of anilines is 1. The maximum absolute atomic E-state index is 12.6. The lowest BCUT2D eigenvalue weighted by Gasteiger charge is -2.29. The van der Waals surface area contributed by atoms with Crippen molar-refractivity contribution < 1.29 is 8.42 Å². The van der Waals surface area contributed by atoms with E-state index in [9.17, 15) is 8.42 Å². The third-order valence-corrected chi connectivity index (χ3v) is 6.68. The average molecular weight is 426 g/mol. The van der Waals surface area contributed by atoms with Crippen LogP contribution in [0.2, 0.25) is 0 Å². The standard InChI is InChI=1S/C13H18Br2N2O2S/c1-8-4-2-3-5-12(8)17-20(18,19)13-10(15)6-9(14)7-11(13)16/h6-8,12,17H,2-5,16H2,1H3. The lowest BCUT2D eigenvalue weighted by Crippen LogP contribution is -2.41. The molecule has 1 saturated carbocycles. The molecule has 0 saturated heterocycles. The van der Waals surface area contributed by atoms with Crippen LogP contribution in [-0.4, -0.2) is 14.5 Å². The molecule has 1 aromatic rings. The molecular weight excluding hydrogens is 408 g/mol. The highest BCUT2D eigenvalue weighted by atomic mass is 79.9. The summed E-state index contributed by atoms with van der Waals surface area (Å²) in [5.41, 5.74) is 6.11. The minimum Gasteiger partial charge on any atom is -0.398 e. The van der Waals surface area contributed by atoms with Gasteiger partial charge in [-0.25, -0.2) is 13.1 Å². The van der Waals surface area contributed by atoms with E-state index in [1.165, 1.54) is 6.42 Å². The van der Waals surface area contributed by atoms with Crippen molar-refractivity contribution in [1.29, 1.82) is 0 Å². The predicted octanol–water partition coefficient (Wildman–Crippen LogP) is 3.65. The van der Waals surface area contributed by atoms with Crippen molar-refractivity contribution >= 4 is 47.6 Å². The zero-order chi connectivity index (χ0) is 14.9. The van der Waals surface area contributed by atoms with Crippen LogP contribution in [-0.2, 0) is 10.0 Å². The van der Waals surface area contributed by atoms with Crippen LogP contribution in [0, 0.1) is 5.92 Å². The Hall–Kier alpha value is -0.110. The number of hydrogen-bond acceptors (Lipinski definition) is 3. The first-order valence-corrected chi connectivity index (χ1v) is 9.65. The molecule has 1 aromatic carbocycles. The van der Waals surface area contributed by atoms with Gasteiger partial charge in [0.25, 0.3) is 0 Å². The van der Waals surface area contributed by atoms with Gasteiger partial charge in [-0.05, 0) is 46.8 Å². The van der Waals surface area contributed by atoms with Crippen molar-refractivity contribution in [1.82, 2.24) is 4.72 Å². The van der Waals surface area contributed by atoms with E-state index in [0.29, 0.717) is 10.4 Å². The van der Waals surface area contributed by atoms with Crippen LogP contribution in [0.15, 0.2) is 26.0 Å². The Morgan fingerprint density at radius 3 is 2.50 bits per heavy atom. The molecule has 0 bridgehead atoms. The first-order valence-electron chi connectivity index (χ1n) is 6.58. The van der Waals surface area contributed by atoms with Gasteiger partial charge in [-0.3, -0.25) is 0 Å². The summed E-state index contributed by atoms with van der Waals surface area (Å²) in [7, 11) is -3.61. The van der Waals surface area contributed by atoms with Crippen molar-refractivity contribution in [2.24, 2.45) is 5.92 Å². The molecule has 2 unspecified atom stereocenters. The number of nitrogen functional groups attached to an aromatic ring is 1. The van der Waals surface area contributed by atoms with Gasteiger partial charge in [0.1, 0.15) is 4.90 Å². The van der Waals surface area contributed by atoms with Crippen molar-refractivity contribution in [2.45, 2.75) is 43.5 Å². The number of benzene rings is 1. The van der Waals surface area contributed by atoms with Crippen molar-refractivity contribution in [2.75, 3.05) is 5.73 Å². The van der Waals surface area contributed by atoms with E-state index in [1.807, 2.05) is 0 Å². The van der Waals surface area contributed by atoms with Gasteiger partial charge in [0.2, 0.25) is 10.0 Å². The maximum atomic E-state index is 12.6. The van der Waals surface area contributed by atoms with Gasteiger partial charge >= 0.3 is 0 Å². The monoisotopic (exact) mass is 424 g/mol. The second-order valence-electron chi connectivity index (χ2n) is 5.30. The molecule has 2 rings (SSSR count). The Balaban J connectivity index is 2.31. The third-order valence-electron chi connectivity index (χ3n) is 3.72. The fourth-order valence-electron chi connectivity index (χ4n) is 2.61. The summed E-state index contributed by atoms with van der Waals surface area (Å²) >= 11 is 6.58. The first-order chi connectivity index (χ1) is 9.31. The smallest absolute Gasteiger partial charge is 0.244 e. The minimum absolute atomic E-state index is 0.0105. The number of sulfonamides is 1. The highest BCUT2D eigenvalue weighted by molar-refractivity contribution is 9.11. The lowest BCUT2D eigenvalue weighted by molar-refractivity contribution is 0.310. The minimum atomic E-state index is -3.61. The molecule has 0 radical (unpaired) electrons. The first kappa shape index (κ1) is 16.3. The topological polar surface area (TPSA) is 72.2 Å². The number of halogens is 2. The second kappa shape index (κ2) is 6.34. The van der Waals surface area contributed by atoms with Gasteiger partial charge < -0.3 is 5.73 Å². The fraction of sp³-hybridized carbons (Fsp3) is 0.538. The molecule has 0 aromatic heterocycles. The van der Waals surface area contributed by atoms with Crippen LogP contribution in [0.25, 0.3) is 0 Å². The zero-order valence-electron chi connectivity index (χ0n) is 11.2. The molecule has 0 amide bonds. The Labute approximate surface area is 136 Å². The summed E-state index contributed by atoms with van der Waals surface area (Å²) in [6.45, 7) is 2.09. The molecule has 1 aliphatic carbocycles. The molecular formula is C13H18Br2N2O2S. The maximum Gasteiger partial charge on any atom is 0.244 e. The molecule has 1 fully saturated rings. The van der Waals surface area contributed by atoms with Gasteiger partial charge in [0.15, 0.2) is 0 Å². The summed E-state index contributed by atoms with van der Waals surface area (Å²) < 4.78 is 29.1. The van der Waals surface area contributed by atoms with Crippen molar-refractivity contribution in [3.05, 3.63) is 21.1 Å². The van der Waals surface area contributed by atoms with Crippen LogP contribution < -0.4 is 10.5 Å². The Morgan fingerprint density at radius 1 is 1.25 bits per heavy atom. The van der Waals surface area contributed by atoms with E-state index in [2.05, 4.69) is 43.5 Å². The normalized spacial score (nSPS) is 23.8. The quantitative estimate of drug-likeness (QED) is 0.726. The SMILES string of the molecule is CC1CCCCC1NS(=O)(=O)c1c(N)cc(Br)cc1Br. The molecule has 0 heterocycles. The number of rotatable bonds is 3. The summed E-state index contributed by atoms with van der Waals surface area (Å²) in [5.74, 6) is 0.356. The van der Waals surface area contributed by atoms with Gasteiger partial charge in [-0.1, -0.05) is 35.7 Å². The molecule has 3 N–H and O–H groups in total. The van der Waals surface area contributed by atoms with Crippen molar-refractivity contribution in [3.8, 4) is 0 Å². The van der Waals surface area contributed by atoms with E-state index in [-0.39, 0.29) is 16.6 Å². The fourth-order valence-corrected chi connectivity index (χ4v) is 6.06. The van der Waals surface area contributed by atoms with E-state index in [4.69, 9.17) is 5.73 Å². The molecule has 2 atom stereocenters. The summed E-state index contributed by atoms with van der Waals surface area (Å²) in [4.78, 5) is 0.124. The summed E-state index contributed by atoms with van der Waals surface area (Å²) in [5, 5.41) is 0. The van der Waals surface area contributed by atoms with Crippen molar-refractivity contribution in [3.63, 3.8) is 0 Å². The Kier molecular flexibility index (Phi) is 5.15. The van der Waals surface area contributed by atoms with Crippen LogP contribution in [0.4, 0.5) is 5.69 Å². The largest absolute Gasteiger partial charge is 0.398 e. The molecule has 0 spiro atoms. The number of hydrogen-bond donors (Lipinski definition) is 2. The zero-order valence-corrected chi connectivity index (χ0v) is 15.2. The van der Waals surface area contributed by atoms with Crippen LogP contribution in [0.5, 0.6) is 0 Å². The lowest BCUT2D eigenvalue weighted by atomic mass is 9.87. The van der Waals surface area contributed by atoms with Gasteiger partial charge in [0, 0.05) is 15.0 Å². The van der Waals surface area contributed by atoms with E-state index < -0.39 is 10.0 Å². The highest BCUT2D eigenvalue weighted by Gasteiger charge is 2.29. The molecule has 1 aliphatic rings. The Bertz CT molecular complexity index is 581. The summed E-state index contributed by atoms with van der Waals surface area (Å²) in [6, 6.07) is 3.28. The van der Waals surface area contributed by atoms with Crippen LogP contribution in [0.3, 0.4) is 0 Å². The molecule has 4 nitrogen and oxygen atoms in total. The Morgan fingerprint density at radius 2 is 1.90 bits per heavy atom. The van der Waals surface area contributed by atoms with Gasteiger partial charge in [-0.2, -0.15) is 0 Å². The van der Waals surface area contributed by atoms with Gasteiger partial charge in [0.05, 0.1) is 5.69 Å². The van der Waals surface area contributed by atoms with Crippen LogP contribution >= 0.6 is 31.9 Å². The van der Waals surface area contributed by atoms with Gasteiger partial charge in [-0.15, -0.1) is 0 Å². The molecule has 20 heavy (non-hydrogen) atoms. The highest BCUT2D eigenvalue weighted by Crippen LogP contribution is 2.33. The van der Waals surface area contributed by atoms with E-state index in [0.717, 1.165) is 23.7 Å². The molecule has 112 valence electrons. The second-order valence-corrected chi connectivity index (χ2v) is 8.72. The number of nitrogens with two attached hydrogens (primary N) is 1. The third kappa shape index (κ3) is 3.55. The molecule has 7 heteroatoms. The van der Waals surface area contributed by atoms with E-state index >= 15 is 0 Å².